The van der Waals surface area contributed by atoms with Crippen LogP contribution in [0.1, 0.15) is 25.3 Å². The number of carbonyl (C=O) groups excluding carboxylic acids is 2. The average molecular weight is 307 g/mol. The van der Waals surface area contributed by atoms with Gasteiger partial charge in [0.15, 0.2) is 0 Å². The zero-order valence-electron chi connectivity index (χ0n) is 12.1. The van der Waals surface area contributed by atoms with Crippen LogP contribution in [0.3, 0.4) is 0 Å². The second-order valence-corrected chi connectivity index (χ2v) is 6.32. The number of rotatable bonds is 2. The minimum Gasteiger partial charge on any atom is -0.339 e. The molecular formula is C16H19ClN2O2. The molecule has 5 heteroatoms. The minimum atomic E-state index is -0.344. The third-order valence-corrected chi connectivity index (χ3v) is 4.82. The van der Waals surface area contributed by atoms with Gasteiger partial charge in [0.2, 0.25) is 11.8 Å². The lowest BCUT2D eigenvalue weighted by Crippen LogP contribution is -2.52. The second-order valence-electron chi connectivity index (χ2n) is 5.89. The number of amides is 2. The summed E-state index contributed by atoms with van der Waals surface area (Å²) in [7, 11) is 0. The lowest BCUT2D eigenvalue weighted by Gasteiger charge is -2.36. The van der Waals surface area contributed by atoms with Crippen LogP contribution in [0.2, 0.25) is 5.02 Å². The molecule has 2 fully saturated rings. The molecule has 0 N–H and O–H groups in total. The van der Waals surface area contributed by atoms with Crippen molar-refractivity contribution < 1.29 is 9.59 Å². The summed E-state index contributed by atoms with van der Waals surface area (Å²) in [5, 5.41) is 0.692. The molecule has 4 nitrogen and oxygen atoms in total. The number of hydrogen-bond donors (Lipinski definition) is 0. The summed E-state index contributed by atoms with van der Waals surface area (Å²) in [5.74, 6) is 0.286. The Balaban J connectivity index is 1.71. The van der Waals surface area contributed by atoms with Crippen molar-refractivity contribution in [2.24, 2.45) is 0 Å². The normalized spacial score (nSPS) is 20.3. The van der Waals surface area contributed by atoms with E-state index in [2.05, 4.69) is 0 Å². The monoisotopic (exact) mass is 306 g/mol. The first-order valence-electron chi connectivity index (χ1n) is 7.34. The Bertz CT molecular complexity index is 558. The molecule has 21 heavy (non-hydrogen) atoms. The summed E-state index contributed by atoms with van der Waals surface area (Å²) in [4.78, 5) is 27.9. The van der Waals surface area contributed by atoms with Gasteiger partial charge in [-0.05, 0) is 30.5 Å². The summed E-state index contributed by atoms with van der Waals surface area (Å²) >= 11 is 5.92. The molecule has 0 aromatic heterocycles. The van der Waals surface area contributed by atoms with Crippen LogP contribution >= 0.6 is 11.6 Å². The van der Waals surface area contributed by atoms with E-state index in [4.69, 9.17) is 11.6 Å². The number of piperazine rings is 1. The molecule has 2 amide bonds. The van der Waals surface area contributed by atoms with Crippen molar-refractivity contribution >= 4 is 23.4 Å². The lowest BCUT2D eigenvalue weighted by atomic mass is 9.94. The number of halogens is 1. The number of carbonyl (C=O) groups is 2. The second kappa shape index (κ2) is 5.34. The standard InChI is InChI=1S/C16H19ClN2O2/c1-12(20)18-8-10-19(11-9-18)15(21)16(6-7-16)13-2-4-14(17)5-3-13/h2-5H,6-11H2,1H3. The van der Waals surface area contributed by atoms with Crippen LogP contribution in [0.25, 0.3) is 0 Å². The molecule has 112 valence electrons. The van der Waals surface area contributed by atoms with E-state index in [1.54, 1.807) is 11.8 Å². The largest absolute Gasteiger partial charge is 0.339 e. The zero-order valence-corrected chi connectivity index (χ0v) is 12.9. The summed E-state index contributed by atoms with van der Waals surface area (Å²) in [6.45, 7) is 4.12. The number of benzene rings is 1. The lowest BCUT2D eigenvalue weighted by molar-refractivity contribution is -0.140. The Morgan fingerprint density at radius 2 is 1.52 bits per heavy atom. The third kappa shape index (κ3) is 2.64. The predicted molar refractivity (Wildman–Crippen MR) is 81.2 cm³/mol. The van der Waals surface area contributed by atoms with Crippen molar-refractivity contribution in [1.29, 1.82) is 0 Å². The van der Waals surface area contributed by atoms with E-state index in [9.17, 15) is 9.59 Å². The molecule has 1 heterocycles. The Morgan fingerprint density at radius 1 is 1.00 bits per heavy atom. The van der Waals surface area contributed by atoms with Crippen molar-refractivity contribution in [2.75, 3.05) is 26.2 Å². The third-order valence-electron chi connectivity index (χ3n) is 4.57. The smallest absolute Gasteiger partial charge is 0.233 e. The summed E-state index contributed by atoms with van der Waals surface area (Å²) in [5.41, 5.74) is 0.717. The molecule has 0 radical (unpaired) electrons. The van der Waals surface area contributed by atoms with Crippen molar-refractivity contribution in [1.82, 2.24) is 9.80 Å². The maximum absolute atomic E-state index is 12.8. The Morgan fingerprint density at radius 3 is 2.00 bits per heavy atom. The average Bonchev–Trinajstić information content (AvgIpc) is 3.29. The van der Waals surface area contributed by atoms with Gasteiger partial charge < -0.3 is 9.80 Å². The van der Waals surface area contributed by atoms with E-state index >= 15 is 0 Å². The molecule has 1 aliphatic carbocycles. The first kappa shape index (κ1) is 14.4. The first-order valence-corrected chi connectivity index (χ1v) is 7.72. The van der Waals surface area contributed by atoms with E-state index in [-0.39, 0.29) is 17.2 Å². The molecule has 1 aliphatic heterocycles. The molecular weight excluding hydrogens is 288 g/mol. The van der Waals surface area contributed by atoms with E-state index in [1.807, 2.05) is 29.2 Å². The van der Waals surface area contributed by atoms with Gasteiger partial charge in [0.25, 0.3) is 0 Å². The van der Waals surface area contributed by atoms with E-state index < -0.39 is 0 Å². The van der Waals surface area contributed by atoms with Gasteiger partial charge >= 0.3 is 0 Å². The van der Waals surface area contributed by atoms with Crippen LogP contribution in [0.5, 0.6) is 0 Å². The van der Waals surface area contributed by atoms with Gasteiger partial charge in [0, 0.05) is 38.1 Å². The van der Waals surface area contributed by atoms with Crippen molar-refractivity contribution in [2.45, 2.75) is 25.2 Å². The quantitative estimate of drug-likeness (QED) is 0.839. The fourth-order valence-electron chi connectivity index (χ4n) is 3.05. The van der Waals surface area contributed by atoms with Crippen LogP contribution in [0, 0.1) is 0 Å². The molecule has 3 rings (SSSR count). The van der Waals surface area contributed by atoms with Crippen LogP contribution in [0.15, 0.2) is 24.3 Å². The highest BCUT2D eigenvalue weighted by Crippen LogP contribution is 2.49. The fourth-order valence-corrected chi connectivity index (χ4v) is 3.17. The van der Waals surface area contributed by atoms with Gasteiger partial charge in [-0.1, -0.05) is 23.7 Å². The Kier molecular flexibility index (Phi) is 3.66. The van der Waals surface area contributed by atoms with Gasteiger partial charge in [0.1, 0.15) is 0 Å². The van der Waals surface area contributed by atoms with Crippen molar-refractivity contribution in [3.8, 4) is 0 Å². The van der Waals surface area contributed by atoms with Crippen LogP contribution in [0.4, 0.5) is 0 Å². The van der Waals surface area contributed by atoms with Crippen LogP contribution in [-0.4, -0.2) is 47.8 Å². The molecule has 0 bridgehead atoms. The summed E-state index contributed by atoms with van der Waals surface area (Å²) in [6, 6.07) is 7.61. The molecule has 0 unspecified atom stereocenters. The SMILES string of the molecule is CC(=O)N1CCN(C(=O)C2(c3ccc(Cl)cc3)CC2)CC1. The highest BCUT2D eigenvalue weighted by Gasteiger charge is 2.53. The van der Waals surface area contributed by atoms with Crippen molar-refractivity contribution in [3.05, 3.63) is 34.9 Å². The predicted octanol–water partition coefficient (Wildman–Crippen LogP) is 2.06. The molecule has 0 spiro atoms. The molecule has 1 aromatic rings. The van der Waals surface area contributed by atoms with Crippen molar-refractivity contribution in [3.63, 3.8) is 0 Å². The maximum Gasteiger partial charge on any atom is 0.233 e. The van der Waals surface area contributed by atoms with Gasteiger partial charge in [-0.15, -0.1) is 0 Å². The zero-order chi connectivity index (χ0) is 15.0. The molecule has 1 saturated carbocycles. The van der Waals surface area contributed by atoms with E-state index in [0.717, 1.165) is 18.4 Å². The van der Waals surface area contributed by atoms with Crippen LogP contribution in [-0.2, 0) is 15.0 Å². The Hall–Kier alpha value is -1.55. The molecule has 1 aromatic carbocycles. The van der Waals surface area contributed by atoms with Gasteiger partial charge in [-0.3, -0.25) is 9.59 Å². The highest BCUT2D eigenvalue weighted by atomic mass is 35.5. The summed E-state index contributed by atoms with van der Waals surface area (Å²) < 4.78 is 0. The van der Waals surface area contributed by atoms with E-state index in [0.29, 0.717) is 31.2 Å². The summed E-state index contributed by atoms with van der Waals surface area (Å²) in [6.07, 6.45) is 1.81. The van der Waals surface area contributed by atoms with E-state index in [1.165, 1.54) is 0 Å². The van der Waals surface area contributed by atoms with Gasteiger partial charge in [0.05, 0.1) is 5.41 Å². The molecule has 0 atom stereocenters. The van der Waals surface area contributed by atoms with Gasteiger partial charge in [-0.25, -0.2) is 0 Å². The Labute approximate surface area is 129 Å². The van der Waals surface area contributed by atoms with Crippen LogP contribution < -0.4 is 0 Å². The molecule has 1 saturated heterocycles. The highest BCUT2D eigenvalue weighted by molar-refractivity contribution is 6.30. The number of hydrogen-bond acceptors (Lipinski definition) is 2. The fraction of sp³-hybridized carbons (Fsp3) is 0.500. The van der Waals surface area contributed by atoms with Gasteiger partial charge in [-0.2, -0.15) is 0 Å². The maximum atomic E-state index is 12.8. The topological polar surface area (TPSA) is 40.6 Å². The molecule has 2 aliphatic rings. The first-order chi connectivity index (χ1) is 10.0. The number of nitrogens with zero attached hydrogens (tertiary/aromatic N) is 2. The minimum absolute atomic E-state index is 0.0842.